The number of nitrogen functional groups attached to an aromatic ring is 1. The molecule has 5 heteroatoms. The van der Waals surface area contributed by atoms with Crippen molar-refractivity contribution in [3.8, 4) is 17.0 Å². The van der Waals surface area contributed by atoms with Crippen molar-refractivity contribution in [1.82, 2.24) is 4.98 Å². The minimum atomic E-state index is 0. The monoisotopic (exact) mass is 370 g/mol. The Hall–Kier alpha value is -1.07. The molecule has 1 heterocycles. The van der Waals surface area contributed by atoms with Gasteiger partial charge in [-0.15, -0.1) is 28.3 Å². The van der Waals surface area contributed by atoms with E-state index < -0.39 is 0 Å². The van der Waals surface area contributed by atoms with Gasteiger partial charge in [0.2, 0.25) is 0 Å². The molecule has 1 aromatic heterocycles. The number of aromatic nitrogens is 1. The van der Waals surface area contributed by atoms with E-state index >= 15 is 0 Å². The third-order valence-electron chi connectivity index (χ3n) is 3.74. The van der Waals surface area contributed by atoms with E-state index in [0.29, 0.717) is 11.7 Å². The van der Waals surface area contributed by atoms with Crippen molar-refractivity contribution in [2.24, 2.45) is 0 Å². The highest BCUT2D eigenvalue weighted by atomic mass is 79.9. The average Bonchev–Trinajstić information content (AvgIpc) is 2.86. The van der Waals surface area contributed by atoms with Crippen LogP contribution >= 0.6 is 28.3 Å². The van der Waals surface area contributed by atoms with Crippen LogP contribution in [0.1, 0.15) is 39.7 Å². The van der Waals surface area contributed by atoms with Gasteiger partial charge in [0, 0.05) is 10.9 Å². The molecule has 0 radical (unpaired) electrons. The Bertz CT molecular complexity index is 596. The molecule has 1 aromatic carbocycles. The molecule has 0 unspecified atom stereocenters. The van der Waals surface area contributed by atoms with Gasteiger partial charge in [0.25, 0.3) is 0 Å². The molecule has 0 bridgehead atoms. The molecule has 2 aromatic rings. The lowest BCUT2D eigenvalue weighted by atomic mass is 9.81. The van der Waals surface area contributed by atoms with Crippen molar-refractivity contribution in [3.05, 3.63) is 29.1 Å². The minimum Gasteiger partial charge on any atom is -0.493 e. The molecule has 0 aliphatic carbocycles. The van der Waals surface area contributed by atoms with Crippen molar-refractivity contribution in [2.45, 2.75) is 39.5 Å². The van der Waals surface area contributed by atoms with E-state index in [-0.39, 0.29) is 22.4 Å². The standard InChI is InChI=1S/C16H22N2OS.BrH/c1-5-16(3,4)11-7-8-14(19-6-2)12(9-11)13-10-20-15(17)18-13;/h7-10H,5-6H2,1-4H3,(H2,17,18);1H. The summed E-state index contributed by atoms with van der Waals surface area (Å²) in [7, 11) is 0. The Labute approximate surface area is 141 Å². The van der Waals surface area contributed by atoms with E-state index in [1.54, 1.807) is 0 Å². The van der Waals surface area contributed by atoms with Crippen LogP contribution in [-0.4, -0.2) is 11.6 Å². The van der Waals surface area contributed by atoms with Crippen LogP contribution < -0.4 is 10.5 Å². The maximum atomic E-state index is 5.76. The first-order valence-electron chi connectivity index (χ1n) is 6.96. The smallest absolute Gasteiger partial charge is 0.180 e. The van der Waals surface area contributed by atoms with E-state index in [2.05, 4.69) is 37.9 Å². The van der Waals surface area contributed by atoms with E-state index in [1.165, 1.54) is 16.9 Å². The summed E-state index contributed by atoms with van der Waals surface area (Å²) >= 11 is 1.46. The van der Waals surface area contributed by atoms with E-state index in [0.717, 1.165) is 23.4 Å². The zero-order chi connectivity index (χ0) is 14.8. The van der Waals surface area contributed by atoms with Gasteiger partial charge in [0.15, 0.2) is 5.13 Å². The average molecular weight is 371 g/mol. The largest absolute Gasteiger partial charge is 0.493 e. The second-order valence-electron chi connectivity index (χ2n) is 5.45. The number of ether oxygens (including phenoxy) is 1. The van der Waals surface area contributed by atoms with Gasteiger partial charge < -0.3 is 10.5 Å². The number of hydrogen-bond acceptors (Lipinski definition) is 4. The topological polar surface area (TPSA) is 48.1 Å². The van der Waals surface area contributed by atoms with Gasteiger partial charge in [-0.2, -0.15) is 0 Å². The molecule has 2 N–H and O–H groups in total. The SMILES string of the molecule is Br.CCOc1ccc(C(C)(C)CC)cc1-c1csc(N)n1. The zero-order valence-corrected chi connectivity index (χ0v) is 15.5. The molecule has 0 aliphatic rings. The van der Waals surface area contributed by atoms with Gasteiger partial charge in [-0.1, -0.05) is 26.8 Å². The number of thiazole rings is 1. The van der Waals surface area contributed by atoms with E-state index in [1.807, 2.05) is 18.4 Å². The Morgan fingerprint density at radius 1 is 1.29 bits per heavy atom. The first-order chi connectivity index (χ1) is 9.47. The van der Waals surface area contributed by atoms with E-state index in [9.17, 15) is 0 Å². The lowest BCUT2D eigenvalue weighted by Crippen LogP contribution is -2.15. The highest BCUT2D eigenvalue weighted by molar-refractivity contribution is 8.93. The van der Waals surface area contributed by atoms with Crippen LogP contribution in [0.25, 0.3) is 11.3 Å². The summed E-state index contributed by atoms with van der Waals surface area (Å²) in [4.78, 5) is 4.39. The Balaban J connectivity index is 0.00000220. The number of hydrogen-bond donors (Lipinski definition) is 1. The third-order valence-corrected chi connectivity index (χ3v) is 4.42. The van der Waals surface area contributed by atoms with Gasteiger partial charge in [0.05, 0.1) is 12.3 Å². The molecular weight excluding hydrogens is 348 g/mol. The van der Waals surface area contributed by atoms with Crippen LogP contribution in [0.2, 0.25) is 0 Å². The van der Waals surface area contributed by atoms with Crippen molar-refractivity contribution in [3.63, 3.8) is 0 Å². The van der Waals surface area contributed by atoms with Crippen molar-refractivity contribution in [1.29, 1.82) is 0 Å². The quantitative estimate of drug-likeness (QED) is 0.800. The molecule has 21 heavy (non-hydrogen) atoms. The summed E-state index contributed by atoms with van der Waals surface area (Å²) in [5.41, 5.74) is 9.11. The van der Waals surface area contributed by atoms with Crippen LogP contribution in [0, 0.1) is 0 Å². The number of nitrogens with two attached hydrogens (primary N) is 1. The van der Waals surface area contributed by atoms with Crippen LogP contribution in [0.4, 0.5) is 5.13 Å². The molecule has 116 valence electrons. The normalized spacial score (nSPS) is 11.0. The second-order valence-corrected chi connectivity index (χ2v) is 6.34. The number of benzene rings is 1. The summed E-state index contributed by atoms with van der Waals surface area (Å²) in [5, 5.41) is 2.57. The maximum Gasteiger partial charge on any atom is 0.180 e. The van der Waals surface area contributed by atoms with Gasteiger partial charge >= 0.3 is 0 Å². The Morgan fingerprint density at radius 3 is 2.52 bits per heavy atom. The number of halogens is 1. The molecule has 0 spiro atoms. The number of nitrogens with zero attached hydrogens (tertiary/aromatic N) is 1. The fourth-order valence-corrected chi connectivity index (χ4v) is 2.61. The van der Waals surface area contributed by atoms with Gasteiger partial charge in [-0.3, -0.25) is 0 Å². The summed E-state index contributed by atoms with van der Waals surface area (Å²) < 4.78 is 5.73. The molecule has 0 fully saturated rings. The zero-order valence-electron chi connectivity index (χ0n) is 13.0. The van der Waals surface area contributed by atoms with Crippen molar-refractivity contribution >= 4 is 33.4 Å². The lowest BCUT2D eigenvalue weighted by molar-refractivity contribution is 0.341. The van der Waals surface area contributed by atoms with Crippen LogP contribution in [-0.2, 0) is 5.41 Å². The third kappa shape index (κ3) is 3.98. The maximum absolute atomic E-state index is 5.76. The first-order valence-corrected chi connectivity index (χ1v) is 7.84. The lowest BCUT2D eigenvalue weighted by Gasteiger charge is -2.24. The van der Waals surface area contributed by atoms with Crippen molar-refractivity contribution in [2.75, 3.05) is 12.3 Å². The van der Waals surface area contributed by atoms with Crippen LogP contribution in [0.3, 0.4) is 0 Å². The van der Waals surface area contributed by atoms with Gasteiger partial charge in [-0.05, 0) is 36.5 Å². The molecule has 2 rings (SSSR count). The highest BCUT2D eigenvalue weighted by Gasteiger charge is 2.20. The number of anilines is 1. The van der Waals surface area contributed by atoms with Gasteiger partial charge in [-0.25, -0.2) is 4.98 Å². The fourth-order valence-electron chi connectivity index (χ4n) is 2.05. The van der Waals surface area contributed by atoms with Gasteiger partial charge in [0.1, 0.15) is 5.75 Å². The van der Waals surface area contributed by atoms with Crippen LogP contribution in [0.5, 0.6) is 5.75 Å². The fraction of sp³-hybridized carbons (Fsp3) is 0.438. The molecular formula is C16H23BrN2OS. The van der Waals surface area contributed by atoms with Crippen LogP contribution in [0.15, 0.2) is 23.6 Å². The Morgan fingerprint density at radius 2 is 2.00 bits per heavy atom. The summed E-state index contributed by atoms with van der Waals surface area (Å²) in [5.74, 6) is 0.869. The first kappa shape index (κ1) is 18.0. The molecule has 0 aliphatic heterocycles. The second kappa shape index (κ2) is 7.27. The summed E-state index contributed by atoms with van der Waals surface area (Å²) in [6, 6.07) is 6.37. The molecule has 3 nitrogen and oxygen atoms in total. The number of rotatable bonds is 5. The predicted octanol–water partition coefficient (Wildman–Crippen LogP) is 5.06. The van der Waals surface area contributed by atoms with Crippen molar-refractivity contribution < 1.29 is 4.74 Å². The minimum absolute atomic E-state index is 0. The molecule has 0 saturated carbocycles. The highest BCUT2D eigenvalue weighted by Crippen LogP contribution is 2.36. The summed E-state index contributed by atoms with van der Waals surface area (Å²) in [6.07, 6.45) is 1.08. The Kier molecular flexibility index (Phi) is 6.23. The van der Waals surface area contributed by atoms with E-state index in [4.69, 9.17) is 10.5 Å². The molecule has 0 amide bonds. The summed E-state index contributed by atoms with van der Waals surface area (Å²) in [6.45, 7) is 9.34. The predicted molar refractivity (Wildman–Crippen MR) is 96.8 cm³/mol. The molecule has 0 saturated heterocycles. The molecule has 0 atom stereocenters.